The second kappa shape index (κ2) is 9.32. The van der Waals surface area contributed by atoms with E-state index in [4.69, 9.17) is 4.84 Å². The fraction of sp³-hybridized carbons (Fsp3) is 0.476. The Hall–Kier alpha value is -2.43. The standard InChI is InChI=1S/C21H26N2O3/c24-20(22-18-14-8-3-9-15-18)19(16-10-4-1-5-11-16)23-26-21(25)17-12-6-2-7-13-17/h2,6-7,10,12-13,18H,1,3-5,8-9,11,14-15H2,(H,22,24)/b23-19+. The summed E-state index contributed by atoms with van der Waals surface area (Å²) in [6, 6.07) is 8.88. The van der Waals surface area contributed by atoms with Crippen LogP contribution in [-0.2, 0) is 9.63 Å². The second-order valence-corrected chi connectivity index (χ2v) is 6.97. The van der Waals surface area contributed by atoms with Crippen LogP contribution in [0.3, 0.4) is 0 Å². The van der Waals surface area contributed by atoms with Gasteiger partial charge in [0.15, 0.2) is 5.71 Å². The maximum Gasteiger partial charge on any atom is 0.365 e. The molecular weight excluding hydrogens is 328 g/mol. The number of nitrogens with one attached hydrogen (secondary N) is 1. The van der Waals surface area contributed by atoms with Crippen LogP contribution in [0, 0.1) is 0 Å². The number of carbonyl (C=O) groups is 2. The minimum Gasteiger partial charge on any atom is -0.348 e. The number of rotatable bonds is 5. The highest BCUT2D eigenvalue weighted by molar-refractivity contribution is 6.45. The number of carbonyl (C=O) groups excluding carboxylic acids is 2. The quantitative estimate of drug-likeness (QED) is 0.491. The van der Waals surface area contributed by atoms with E-state index in [1.807, 2.05) is 12.1 Å². The van der Waals surface area contributed by atoms with Crippen molar-refractivity contribution in [2.24, 2.45) is 5.16 Å². The summed E-state index contributed by atoms with van der Waals surface area (Å²) in [5, 5.41) is 7.05. The van der Waals surface area contributed by atoms with Crippen molar-refractivity contribution in [2.45, 2.75) is 63.8 Å². The molecule has 0 unspecified atom stereocenters. The number of hydrogen-bond donors (Lipinski definition) is 1. The van der Waals surface area contributed by atoms with Crippen molar-refractivity contribution in [1.29, 1.82) is 0 Å². The first kappa shape index (κ1) is 18.4. The molecule has 0 radical (unpaired) electrons. The average Bonchev–Trinajstić information content (AvgIpc) is 2.70. The molecule has 138 valence electrons. The Labute approximate surface area is 154 Å². The molecule has 0 bridgehead atoms. The predicted molar refractivity (Wildman–Crippen MR) is 101 cm³/mol. The summed E-state index contributed by atoms with van der Waals surface area (Å²) in [5.41, 5.74) is 1.55. The molecule has 1 N–H and O–H groups in total. The van der Waals surface area contributed by atoms with Gasteiger partial charge in [-0.15, -0.1) is 0 Å². The van der Waals surface area contributed by atoms with E-state index in [1.54, 1.807) is 24.3 Å². The largest absolute Gasteiger partial charge is 0.365 e. The Bertz CT molecular complexity index is 688. The van der Waals surface area contributed by atoms with Gasteiger partial charge >= 0.3 is 5.97 Å². The van der Waals surface area contributed by atoms with E-state index in [0.717, 1.165) is 56.9 Å². The van der Waals surface area contributed by atoms with Gasteiger partial charge in [0.2, 0.25) is 0 Å². The van der Waals surface area contributed by atoms with Gasteiger partial charge in [0.1, 0.15) is 0 Å². The molecule has 0 aromatic heterocycles. The summed E-state index contributed by atoms with van der Waals surface area (Å²) in [4.78, 5) is 30.1. The zero-order chi connectivity index (χ0) is 18.2. The third-order valence-electron chi connectivity index (χ3n) is 4.98. The summed E-state index contributed by atoms with van der Waals surface area (Å²) in [5.74, 6) is -0.782. The number of allylic oxidation sites excluding steroid dienone is 1. The topological polar surface area (TPSA) is 67.8 Å². The lowest BCUT2D eigenvalue weighted by atomic mass is 9.93. The summed E-state index contributed by atoms with van der Waals surface area (Å²) in [7, 11) is 0. The molecule has 1 amide bonds. The van der Waals surface area contributed by atoms with Gasteiger partial charge in [-0.1, -0.05) is 48.7 Å². The molecule has 2 aliphatic carbocycles. The zero-order valence-corrected chi connectivity index (χ0v) is 15.1. The minimum absolute atomic E-state index is 0.190. The molecule has 1 saturated carbocycles. The van der Waals surface area contributed by atoms with Crippen LogP contribution < -0.4 is 5.32 Å². The first-order valence-corrected chi connectivity index (χ1v) is 9.58. The third-order valence-corrected chi connectivity index (χ3v) is 4.98. The van der Waals surface area contributed by atoms with Crippen LogP contribution >= 0.6 is 0 Å². The van der Waals surface area contributed by atoms with Crippen LogP contribution in [0.1, 0.15) is 68.1 Å². The van der Waals surface area contributed by atoms with Crippen molar-refractivity contribution in [3.05, 3.63) is 47.5 Å². The molecule has 0 atom stereocenters. The van der Waals surface area contributed by atoms with Crippen LogP contribution in [0.25, 0.3) is 0 Å². The van der Waals surface area contributed by atoms with Gasteiger partial charge in [-0.05, 0) is 56.2 Å². The van der Waals surface area contributed by atoms with Crippen molar-refractivity contribution >= 4 is 17.6 Å². The van der Waals surface area contributed by atoms with Crippen LogP contribution in [0.2, 0.25) is 0 Å². The molecule has 5 heteroatoms. The number of benzene rings is 1. The molecule has 0 saturated heterocycles. The van der Waals surface area contributed by atoms with E-state index in [2.05, 4.69) is 10.5 Å². The molecule has 1 aromatic rings. The lowest BCUT2D eigenvalue weighted by Crippen LogP contribution is -2.41. The molecule has 0 aliphatic heterocycles. The number of hydrogen-bond acceptors (Lipinski definition) is 4. The minimum atomic E-state index is -0.551. The molecule has 0 spiro atoms. The number of amides is 1. The molecule has 2 aliphatic rings. The van der Waals surface area contributed by atoms with Crippen molar-refractivity contribution in [3.63, 3.8) is 0 Å². The highest BCUT2D eigenvalue weighted by atomic mass is 16.7. The van der Waals surface area contributed by atoms with E-state index in [1.165, 1.54) is 6.42 Å². The van der Waals surface area contributed by atoms with Gasteiger partial charge in [-0.2, -0.15) is 0 Å². The van der Waals surface area contributed by atoms with Crippen molar-refractivity contribution < 1.29 is 14.4 Å². The first-order chi connectivity index (χ1) is 12.7. The van der Waals surface area contributed by atoms with E-state index in [9.17, 15) is 9.59 Å². The molecular formula is C21H26N2O3. The molecule has 26 heavy (non-hydrogen) atoms. The zero-order valence-electron chi connectivity index (χ0n) is 15.1. The monoisotopic (exact) mass is 354 g/mol. The first-order valence-electron chi connectivity index (χ1n) is 9.58. The highest BCUT2D eigenvalue weighted by Gasteiger charge is 2.23. The normalized spacial score (nSPS) is 18.8. The number of nitrogens with zero attached hydrogens (tertiary/aromatic N) is 1. The smallest absolute Gasteiger partial charge is 0.348 e. The van der Waals surface area contributed by atoms with Crippen molar-refractivity contribution in [2.75, 3.05) is 0 Å². The van der Waals surface area contributed by atoms with Crippen LogP contribution in [0.5, 0.6) is 0 Å². The van der Waals surface area contributed by atoms with E-state index < -0.39 is 5.97 Å². The molecule has 5 nitrogen and oxygen atoms in total. The molecule has 0 heterocycles. The van der Waals surface area contributed by atoms with Crippen molar-refractivity contribution in [1.82, 2.24) is 5.32 Å². The predicted octanol–water partition coefficient (Wildman–Crippen LogP) is 4.15. The number of oxime groups is 1. The van der Waals surface area contributed by atoms with E-state index in [0.29, 0.717) is 5.56 Å². The maximum atomic E-state index is 12.8. The fourth-order valence-electron chi connectivity index (χ4n) is 3.51. The van der Waals surface area contributed by atoms with Gasteiger partial charge in [-0.25, -0.2) is 4.79 Å². The van der Waals surface area contributed by atoms with Gasteiger partial charge in [-0.3, -0.25) is 4.79 Å². The van der Waals surface area contributed by atoms with Crippen LogP contribution in [0.4, 0.5) is 0 Å². The van der Waals surface area contributed by atoms with E-state index in [-0.39, 0.29) is 17.7 Å². The lowest BCUT2D eigenvalue weighted by Gasteiger charge is -2.23. The highest BCUT2D eigenvalue weighted by Crippen LogP contribution is 2.21. The van der Waals surface area contributed by atoms with Crippen molar-refractivity contribution in [3.8, 4) is 0 Å². The summed E-state index contributed by atoms with van der Waals surface area (Å²) >= 11 is 0. The Morgan fingerprint density at radius 3 is 2.46 bits per heavy atom. The van der Waals surface area contributed by atoms with Crippen LogP contribution in [0.15, 0.2) is 47.1 Å². The lowest BCUT2D eigenvalue weighted by molar-refractivity contribution is -0.115. The third kappa shape index (κ3) is 5.04. The molecule has 3 rings (SSSR count). The Morgan fingerprint density at radius 2 is 1.77 bits per heavy atom. The fourth-order valence-corrected chi connectivity index (χ4v) is 3.51. The van der Waals surface area contributed by atoms with Gasteiger partial charge < -0.3 is 10.2 Å². The van der Waals surface area contributed by atoms with Gasteiger partial charge in [0, 0.05) is 6.04 Å². The summed E-state index contributed by atoms with van der Waals surface area (Å²) < 4.78 is 0. The molecule has 1 aromatic carbocycles. The Kier molecular flexibility index (Phi) is 6.58. The molecule has 1 fully saturated rings. The Morgan fingerprint density at radius 1 is 1.00 bits per heavy atom. The van der Waals surface area contributed by atoms with Gasteiger partial charge in [0.05, 0.1) is 5.56 Å². The average molecular weight is 354 g/mol. The van der Waals surface area contributed by atoms with E-state index >= 15 is 0 Å². The maximum absolute atomic E-state index is 12.8. The summed E-state index contributed by atoms with van der Waals surface area (Å²) in [6.45, 7) is 0. The SMILES string of the molecule is O=C(NC1CCCCC1)/C(=N/OC(=O)c1ccccc1)C1=CCCCC1. The summed E-state index contributed by atoms with van der Waals surface area (Å²) in [6.07, 6.45) is 11.4. The second-order valence-electron chi connectivity index (χ2n) is 6.97. The van der Waals surface area contributed by atoms with Gasteiger partial charge in [0.25, 0.3) is 5.91 Å². The van der Waals surface area contributed by atoms with Crippen LogP contribution in [-0.4, -0.2) is 23.6 Å². The Balaban J connectivity index is 1.72.